The Morgan fingerprint density at radius 2 is 1.90 bits per heavy atom. The van der Waals surface area contributed by atoms with E-state index in [1.165, 1.54) is 12.3 Å². The predicted molar refractivity (Wildman–Crippen MR) is 74.5 cm³/mol. The van der Waals surface area contributed by atoms with Gasteiger partial charge in [-0.05, 0) is 30.2 Å². The number of aliphatic carboxylic acids is 1. The molecule has 0 radical (unpaired) electrons. The van der Waals surface area contributed by atoms with Gasteiger partial charge in [-0.25, -0.2) is 4.98 Å². The first kappa shape index (κ1) is 14.6. The first-order valence-corrected chi connectivity index (χ1v) is 6.28. The number of hydrogen-bond acceptors (Lipinski definition) is 3. The van der Waals surface area contributed by atoms with Gasteiger partial charge in [-0.15, -0.1) is 0 Å². The van der Waals surface area contributed by atoms with Crippen LogP contribution in [0.25, 0.3) is 0 Å². The Balaban J connectivity index is 2.00. The molecule has 0 bridgehead atoms. The fourth-order valence-corrected chi connectivity index (χ4v) is 1.75. The minimum absolute atomic E-state index is 0.0575. The third-order valence-electron chi connectivity index (χ3n) is 2.83. The number of hydrogen-bond donors (Lipinski definition) is 2. The molecule has 0 saturated carbocycles. The van der Waals surface area contributed by atoms with Crippen molar-refractivity contribution >= 4 is 17.6 Å². The molecule has 0 spiro atoms. The SMILES string of the molecule is O=C(O)CCc1ccc(NC(=O)c2ccnc(F)c2)cc1. The van der Waals surface area contributed by atoms with Crippen molar-refractivity contribution in [1.82, 2.24) is 4.98 Å². The van der Waals surface area contributed by atoms with Crippen LogP contribution in [0.15, 0.2) is 42.6 Å². The van der Waals surface area contributed by atoms with Crippen LogP contribution in [0.5, 0.6) is 0 Å². The maximum absolute atomic E-state index is 12.9. The Labute approximate surface area is 120 Å². The minimum atomic E-state index is -0.855. The van der Waals surface area contributed by atoms with Crippen LogP contribution < -0.4 is 5.32 Å². The molecule has 6 heteroatoms. The number of aryl methyl sites for hydroxylation is 1. The molecule has 0 aliphatic heterocycles. The molecule has 0 saturated heterocycles. The normalized spacial score (nSPS) is 10.1. The van der Waals surface area contributed by atoms with Gasteiger partial charge >= 0.3 is 5.97 Å². The molecule has 108 valence electrons. The van der Waals surface area contributed by atoms with E-state index in [9.17, 15) is 14.0 Å². The number of carboxylic acids is 1. The van der Waals surface area contributed by atoms with Gasteiger partial charge < -0.3 is 10.4 Å². The summed E-state index contributed by atoms with van der Waals surface area (Å²) in [7, 11) is 0. The number of nitrogens with one attached hydrogen (secondary N) is 1. The lowest BCUT2D eigenvalue weighted by molar-refractivity contribution is -0.136. The Hall–Kier alpha value is -2.76. The van der Waals surface area contributed by atoms with Crippen LogP contribution in [0.4, 0.5) is 10.1 Å². The van der Waals surface area contributed by atoms with Crippen molar-refractivity contribution in [2.45, 2.75) is 12.8 Å². The van der Waals surface area contributed by atoms with Crippen molar-refractivity contribution in [1.29, 1.82) is 0 Å². The second-order valence-electron chi connectivity index (χ2n) is 4.41. The van der Waals surface area contributed by atoms with E-state index in [0.29, 0.717) is 12.1 Å². The monoisotopic (exact) mass is 288 g/mol. The molecule has 2 aromatic rings. The van der Waals surface area contributed by atoms with E-state index >= 15 is 0 Å². The minimum Gasteiger partial charge on any atom is -0.481 e. The van der Waals surface area contributed by atoms with E-state index in [4.69, 9.17) is 5.11 Å². The quantitative estimate of drug-likeness (QED) is 0.828. The fourth-order valence-electron chi connectivity index (χ4n) is 1.75. The van der Waals surface area contributed by atoms with Gasteiger partial charge in [0.15, 0.2) is 0 Å². The summed E-state index contributed by atoms with van der Waals surface area (Å²) in [5.74, 6) is -2.01. The molecule has 21 heavy (non-hydrogen) atoms. The van der Waals surface area contributed by atoms with Crippen LogP contribution in [-0.4, -0.2) is 22.0 Å². The summed E-state index contributed by atoms with van der Waals surface area (Å²) in [5, 5.41) is 11.2. The number of rotatable bonds is 5. The second-order valence-corrected chi connectivity index (χ2v) is 4.41. The highest BCUT2D eigenvalue weighted by Crippen LogP contribution is 2.13. The number of nitrogens with zero attached hydrogens (tertiary/aromatic N) is 1. The van der Waals surface area contributed by atoms with Crippen molar-refractivity contribution in [3.8, 4) is 0 Å². The number of amides is 1. The molecule has 0 aliphatic rings. The number of pyridine rings is 1. The average molecular weight is 288 g/mol. The highest BCUT2D eigenvalue weighted by molar-refractivity contribution is 6.04. The largest absolute Gasteiger partial charge is 0.481 e. The first-order chi connectivity index (χ1) is 10.0. The van der Waals surface area contributed by atoms with Gasteiger partial charge in [0.25, 0.3) is 5.91 Å². The number of carbonyl (C=O) groups excluding carboxylic acids is 1. The predicted octanol–water partition coefficient (Wildman–Crippen LogP) is 2.49. The molecule has 2 N–H and O–H groups in total. The zero-order chi connectivity index (χ0) is 15.2. The van der Waals surface area contributed by atoms with Gasteiger partial charge in [-0.3, -0.25) is 9.59 Å². The lowest BCUT2D eigenvalue weighted by Gasteiger charge is -2.06. The first-order valence-electron chi connectivity index (χ1n) is 6.28. The summed E-state index contributed by atoms with van der Waals surface area (Å²) in [6.07, 6.45) is 1.71. The lowest BCUT2D eigenvalue weighted by atomic mass is 10.1. The number of carbonyl (C=O) groups is 2. The highest BCUT2D eigenvalue weighted by atomic mass is 19.1. The van der Waals surface area contributed by atoms with Crippen molar-refractivity contribution < 1.29 is 19.1 Å². The summed E-state index contributed by atoms with van der Waals surface area (Å²) in [4.78, 5) is 25.7. The summed E-state index contributed by atoms with van der Waals surface area (Å²) < 4.78 is 12.9. The van der Waals surface area contributed by atoms with Crippen molar-refractivity contribution in [2.75, 3.05) is 5.32 Å². The molecule has 0 fully saturated rings. The van der Waals surface area contributed by atoms with E-state index in [-0.39, 0.29) is 12.0 Å². The van der Waals surface area contributed by atoms with Gasteiger partial charge in [-0.2, -0.15) is 4.39 Å². The maximum Gasteiger partial charge on any atom is 0.303 e. The summed E-state index contributed by atoms with van der Waals surface area (Å²) in [6, 6.07) is 9.30. The molecule has 2 rings (SSSR count). The van der Waals surface area contributed by atoms with Crippen LogP contribution in [0.3, 0.4) is 0 Å². The second kappa shape index (κ2) is 6.60. The summed E-state index contributed by atoms with van der Waals surface area (Å²) in [5.41, 5.74) is 1.60. The van der Waals surface area contributed by atoms with Crippen LogP contribution in [0, 0.1) is 5.95 Å². The zero-order valence-corrected chi connectivity index (χ0v) is 11.0. The third kappa shape index (κ3) is 4.38. The van der Waals surface area contributed by atoms with Crippen molar-refractivity contribution in [2.24, 2.45) is 0 Å². The van der Waals surface area contributed by atoms with E-state index in [0.717, 1.165) is 11.6 Å². The molecule has 5 nitrogen and oxygen atoms in total. The van der Waals surface area contributed by atoms with Gasteiger partial charge in [0.2, 0.25) is 5.95 Å². The van der Waals surface area contributed by atoms with E-state index in [1.54, 1.807) is 24.3 Å². The molecule has 0 aliphatic carbocycles. The Kier molecular flexibility index (Phi) is 4.61. The summed E-state index contributed by atoms with van der Waals surface area (Å²) in [6.45, 7) is 0. The molecule has 0 unspecified atom stereocenters. The molecule has 1 aromatic heterocycles. The molecule has 1 heterocycles. The van der Waals surface area contributed by atoms with Crippen LogP contribution in [-0.2, 0) is 11.2 Å². The van der Waals surface area contributed by atoms with Gasteiger partial charge in [0.05, 0.1) is 0 Å². The Bertz CT molecular complexity index is 656. The van der Waals surface area contributed by atoms with Crippen molar-refractivity contribution in [3.63, 3.8) is 0 Å². The van der Waals surface area contributed by atoms with Gasteiger partial charge in [0, 0.05) is 29.9 Å². The standard InChI is InChI=1S/C15H13FN2O3/c16-13-9-11(7-8-17-13)15(21)18-12-4-1-10(2-5-12)3-6-14(19)20/h1-2,4-5,7-9H,3,6H2,(H,18,21)(H,19,20). The topological polar surface area (TPSA) is 79.3 Å². The number of benzene rings is 1. The van der Waals surface area contributed by atoms with E-state index in [1.807, 2.05) is 0 Å². The van der Waals surface area contributed by atoms with Crippen LogP contribution >= 0.6 is 0 Å². The maximum atomic E-state index is 12.9. The van der Waals surface area contributed by atoms with Gasteiger partial charge in [0.1, 0.15) is 0 Å². The lowest BCUT2D eigenvalue weighted by Crippen LogP contribution is -2.12. The Morgan fingerprint density at radius 1 is 1.19 bits per heavy atom. The van der Waals surface area contributed by atoms with Gasteiger partial charge in [-0.1, -0.05) is 12.1 Å². The van der Waals surface area contributed by atoms with Crippen molar-refractivity contribution in [3.05, 3.63) is 59.7 Å². The van der Waals surface area contributed by atoms with Crippen LogP contribution in [0.2, 0.25) is 0 Å². The number of carboxylic acid groups (broad SMARTS) is 1. The van der Waals surface area contributed by atoms with E-state index in [2.05, 4.69) is 10.3 Å². The fraction of sp³-hybridized carbons (Fsp3) is 0.133. The molecular weight excluding hydrogens is 275 g/mol. The molecule has 1 amide bonds. The molecule has 0 atom stereocenters. The Morgan fingerprint density at radius 3 is 2.52 bits per heavy atom. The molecule has 1 aromatic carbocycles. The number of anilines is 1. The van der Waals surface area contributed by atoms with Crippen LogP contribution in [0.1, 0.15) is 22.3 Å². The average Bonchev–Trinajstić information content (AvgIpc) is 2.46. The highest BCUT2D eigenvalue weighted by Gasteiger charge is 2.07. The third-order valence-corrected chi connectivity index (χ3v) is 2.83. The molecular formula is C15H13FN2O3. The number of aromatic nitrogens is 1. The smallest absolute Gasteiger partial charge is 0.303 e. The van der Waals surface area contributed by atoms with E-state index < -0.39 is 17.8 Å². The summed E-state index contributed by atoms with van der Waals surface area (Å²) >= 11 is 0. The zero-order valence-electron chi connectivity index (χ0n) is 11.0. The number of halogens is 1.